The summed E-state index contributed by atoms with van der Waals surface area (Å²) in [7, 11) is 1.92. The Bertz CT molecular complexity index is 411. The number of likely N-dealkylation sites (N-methyl/N-ethyl adjacent to an activating group) is 1. The number of nitrogens with two attached hydrogens (primary N) is 1. The van der Waals surface area contributed by atoms with E-state index in [-0.39, 0.29) is 11.9 Å². The lowest BCUT2D eigenvalue weighted by Crippen LogP contribution is -2.39. The Morgan fingerprint density at radius 1 is 1.53 bits per heavy atom. The van der Waals surface area contributed by atoms with Gasteiger partial charge in [-0.25, -0.2) is 0 Å². The molecule has 0 saturated heterocycles. The second kappa shape index (κ2) is 8.30. The van der Waals surface area contributed by atoms with E-state index in [1.807, 2.05) is 43.1 Å². The van der Waals surface area contributed by atoms with Crippen molar-refractivity contribution in [3.05, 3.63) is 34.3 Å². The van der Waals surface area contributed by atoms with Crippen LogP contribution in [0.2, 0.25) is 0 Å². The summed E-state index contributed by atoms with van der Waals surface area (Å²) in [5.74, 6) is 0.0396. The van der Waals surface area contributed by atoms with Gasteiger partial charge in [0.25, 0.3) is 0 Å². The van der Waals surface area contributed by atoms with Crippen LogP contribution in [0.3, 0.4) is 0 Å². The molecule has 106 valence electrons. The van der Waals surface area contributed by atoms with Gasteiger partial charge in [-0.1, -0.05) is 35.0 Å². The molecule has 1 unspecified atom stereocenters. The summed E-state index contributed by atoms with van der Waals surface area (Å²) in [6.45, 7) is 3.59. The van der Waals surface area contributed by atoms with E-state index < -0.39 is 0 Å². The Kier molecular flexibility index (Phi) is 7.05. The van der Waals surface area contributed by atoms with E-state index in [4.69, 9.17) is 5.73 Å². The van der Waals surface area contributed by atoms with E-state index in [0.717, 1.165) is 23.0 Å². The Morgan fingerprint density at radius 2 is 2.26 bits per heavy atom. The highest BCUT2D eigenvalue weighted by atomic mass is 79.9. The lowest BCUT2D eigenvalue weighted by molar-refractivity contribution is -0.122. The van der Waals surface area contributed by atoms with Gasteiger partial charge in [-0.05, 0) is 31.2 Å². The fourth-order valence-corrected chi connectivity index (χ4v) is 2.36. The van der Waals surface area contributed by atoms with Crippen molar-refractivity contribution in [2.75, 3.05) is 26.7 Å². The first-order valence-corrected chi connectivity index (χ1v) is 7.30. The third-order valence-corrected chi connectivity index (χ3v) is 3.45. The minimum absolute atomic E-state index is 0.0396. The number of hydrogen-bond donors (Lipinski definition) is 2. The summed E-state index contributed by atoms with van der Waals surface area (Å²) in [5, 5.41) is 2.87. The quantitative estimate of drug-likeness (QED) is 0.804. The summed E-state index contributed by atoms with van der Waals surface area (Å²) in [6, 6.07) is 8.07. The Hall–Kier alpha value is -0.910. The van der Waals surface area contributed by atoms with Gasteiger partial charge in [0.15, 0.2) is 0 Å². The number of benzene rings is 1. The smallest absolute Gasteiger partial charge is 0.234 e. The molecule has 1 atom stereocenters. The van der Waals surface area contributed by atoms with Gasteiger partial charge in [0.1, 0.15) is 0 Å². The van der Waals surface area contributed by atoms with Crippen LogP contribution in [0, 0.1) is 0 Å². The van der Waals surface area contributed by atoms with Crippen LogP contribution in [-0.4, -0.2) is 37.5 Å². The first-order chi connectivity index (χ1) is 9.08. The molecular weight excluding hydrogens is 306 g/mol. The molecule has 0 aliphatic carbocycles. The Balaban J connectivity index is 2.66. The van der Waals surface area contributed by atoms with Gasteiger partial charge in [0.2, 0.25) is 5.91 Å². The average Bonchev–Trinajstić information content (AvgIpc) is 2.37. The molecule has 0 aromatic heterocycles. The third-order valence-electron chi connectivity index (χ3n) is 2.95. The maximum Gasteiger partial charge on any atom is 0.234 e. The Morgan fingerprint density at radius 3 is 2.84 bits per heavy atom. The molecule has 0 bridgehead atoms. The molecule has 0 spiro atoms. The van der Waals surface area contributed by atoms with Crippen molar-refractivity contribution in [2.24, 2.45) is 5.73 Å². The fourth-order valence-electron chi connectivity index (χ4n) is 1.94. The van der Waals surface area contributed by atoms with Gasteiger partial charge in [-0.15, -0.1) is 0 Å². The molecule has 5 heteroatoms. The number of nitrogens with one attached hydrogen (secondary N) is 1. The van der Waals surface area contributed by atoms with E-state index in [9.17, 15) is 4.79 Å². The predicted molar refractivity (Wildman–Crippen MR) is 81.9 cm³/mol. The van der Waals surface area contributed by atoms with E-state index in [2.05, 4.69) is 21.2 Å². The molecule has 1 rings (SSSR count). The highest BCUT2D eigenvalue weighted by molar-refractivity contribution is 9.10. The molecule has 0 aliphatic rings. The van der Waals surface area contributed by atoms with Crippen molar-refractivity contribution in [1.82, 2.24) is 10.2 Å². The third kappa shape index (κ3) is 5.30. The summed E-state index contributed by atoms with van der Waals surface area (Å²) in [4.78, 5) is 13.7. The van der Waals surface area contributed by atoms with Crippen molar-refractivity contribution < 1.29 is 4.79 Å². The van der Waals surface area contributed by atoms with Gasteiger partial charge < -0.3 is 11.1 Å². The lowest BCUT2D eigenvalue weighted by atomic mass is 10.1. The molecule has 1 aromatic carbocycles. The van der Waals surface area contributed by atoms with Crippen molar-refractivity contribution >= 4 is 21.8 Å². The van der Waals surface area contributed by atoms with Crippen molar-refractivity contribution in [3.8, 4) is 0 Å². The lowest BCUT2D eigenvalue weighted by Gasteiger charge is -2.27. The minimum Gasteiger partial charge on any atom is -0.355 e. The second-order valence-corrected chi connectivity index (χ2v) is 5.49. The number of carbonyl (C=O) groups excluding carboxylic acids is 1. The zero-order chi connectivity index (χ0) is 14.3. The number of rotatable bonds is 7. The van der Waals surface area contributed by atoms with E-state index >= 15 is 0 Å². The molecule has 3 N–H and O–H groups in total. The molecular formula is C14H22BrN3O. The zero-order valence-corrected chi connectivity index (χ0v) is 13.1. The second-order valence-electron chi connectivity index (χ2n) is 4.57. The number of carbonyl (C=O) groups is 1. The van der Waals surface area contributed by atoms with E-state index in [0.29, 0.717) is 13.1 Å². The molecule has 4 nitrogen and oxygen atoms in total. The maximum absolute atomic E-state index is 11.7. The summed E-state index contributed by atoms with van der Waals surface area (Å²) in [6.07, 6.45) is 0.946. The fraction of sp³-hybridized carbons (Fsp3) is 0.500. The predicted octanol–water partition coefficient (Wildman–Crippen LogP) is 1.91. The van der Waals surface area contributed by atoms with Crippen molar-refractivity contribution in [1.29, 1.82) is 0 Å². The number of nitrogens with zero attached hydrogens (tertiary/aromatic N) is 1. The molecule has 1 amide bonds. The van der Waals surface area contributed by atoms with Gasteiger partial charge in [0.05, 0.1) is 6.54 Å². The van der Waals surface area contributed by atoms with Crippen LogP contribution in [0.5, 0.6) is 0 Å². The zero-order valence-electron chi connectivity index (χ0n) is 11.5. The van der Waals surface area contributed by atoms with Crippen LogP contribution in [0.15, 0.2) is 28.7 Å². The largest absolute Gasteiger partial charge is 0.355 e. The summed E-state index contributed by atoms with van der Waals surface area (Å²) >= 11 is 3.46. The van der Waals surface area contributed by atoms with E-state index in [1.54, 1.807) is 0 Å². The molecule has 0 radical (unpaired) electrons. The van der Waals surface area contributed by atoms with Crippen molar-refractivity contribution in [2.45, 2.75) is 19.4 Å². The highest BCUT2D eigenvalue weighted by Gasteiger charge is 2.17. The van der Waals surface area contributed by atoms with Gasteiger partial charge in [-0.2, -0.15) is 0 Å². The number of halogens is 1. The van der Waals surface area contributed by atoms with Gasteiger partial charge in [-0.3, -0.25) is 9.69 Å². The first kappa shape index (κ1) is 16.1. The van der Waals surface area contributed by atoms with Crippen LogP contribution in [0.25, 0.3) is 0 Å². The van der Waals surface area contributed by atoms with Gasteiger partial charge >= 0.3 is 0 Å². The number of amides is 1. The topological polar surface area (TPSA) is 58.4 Å². The minimum atomic E-state index is 0.0396. The van der Waals surface area contributed by atoms with E-state index in [1.165, 1.54) is 0 Å². The molecule has 19 heavy (non-hydrogen) atoms. The van der Waals surface area contributed by atoms with Crippen LogP contribution >= 0.6 is 15.9 Å². The molecule has 1 aromatic rings. The standard InChI is InChI=1S/C14H22BrN3O/c1-3-7-17-14(19)10-18(2)13(9-16)11-5-4-6-12(15)8-11/h4-6,8,13H,3,7,9-10,16H2,1-2H3,(H,17,19). The monoisotopic (exact) mass is 327 g/mol. The first-order valence-electron chi connectivity index (χ1n) is 6.51. The molecule has 0 heterocycles. The summed E-state index contributed by atoms with van der Waals surface area (Å²) in [5.41, 5.74) is 6.96. The average molecular weight is 328 g/mol. The number of hydrogen-bond acceptors (Lipinski definition) is 3. The van der Waals surface area contributed by atoms with Crippen molar-refractivity contribution in [3.63, 3.8) is 0 Å². The maximum atomic E-state index is 11.7. The molecule has 0 fully saturated rings. The Labute approximate surface area is 123 Å². The molecule has 0 aliphatic heterocycles. The SMILES string of the molecule is CCCNC(=O)CN(C)C(CN)c1cccc(Br)c1. The van der Waals surface area contributed by atoms with Crippen LogP contribution in [0.1, 0.15) is 24.9 Å². The summed E-state index contributed by atoms with van der Waals surface area (Å²) < 4.78 is 1.02. The van der Waals surface area contributed by atoms with Gasteiger partial charge in [0, 0.05) is 23.6 Å². The van der Waals surface area contributed by atoms with Crippen LogP contribution in [-0.2, 0) is 4.79 Å². The normalized spacial score (nSPS) is 12.5. The highest BCUT2D eigenvalue weighted by Crippen LogP contribution is 2.21. The van der Waals surface area contributed by atoms with Crippen LogP contribution < -0.4 is 11.1 Å². The molecule has 0 saturated carbocycles. The van der Waals surface area contributed by atoms with Crippen LogP contribution in [0.4, 0.5) is 0 Å².